The molecule has 4 nitrogen and oxygen atoms in total. The molecule has 0 aromatic heterocycles. The molecule has 3 N–H and O–H groups in total. The lowest BCUT2D eigenvalue weighted by Crippen LogP contribution is -2.55. The molecule has 2 aliphatic carbocycles. The van der Waals surface area contributed by atoms with Gasteiger partial charge >= 0.3 is 6.18 Å². The van der Waals surface area contributed by atoms with E-state index in [9.17, 15) is 23.1 Å². The number of carbonyl (C=O) groups is 1. The van der Waals surface area contributed by atoms with Crippen molar-refractivity contribution in [3.63, 3.8) is 0 Å². The van der Waals surface area contributed by atoms with Gasteiger partial charge in [-0.1, -0.05) is 0 Å². The molecule has 2 unspecified atom stereocenters. The van der Waals surface area contributed by atoms with E-state index < -0.39 is 24.2 Å². The van der Waals surface area contributed by atoms with E-state index in [2.05, 4.69) is 10.6 Å². The van der Waals surface area contributed by atoms with Gasteiger partial charge in [-0.25, -0.2) is 0 Å². The molecule has 20 heavy (non-hydrogen) atoms. The van der Waals surface area contributed by atoms with Gasteiger partial charge in [0.15, 0.2) is 5.60 Å². The Labute approximate surface area is 115 Å². The van der Waals surface area contributed by atoms with Gasteiger partial charge in [0.2, 0.25) is 5.91 Å². The van der Waals surface area contributed by atoms with Crippen molar-refractivity contribution in [1.29, 1.82) is 0 Å². The number of nitrogens with one attached hydrogen (secondary N) is 2. The fourth-order valence-corrected chi connectivity index (χ4v) is 3.46. The van der Waals surface area contributed by atoms with Crippen LogP contribution in [0, 0.1) is 5.92 Å². The van der Waals surface area contributed by atoms with Crippen LogP contribution in [0.15, 0.2) is 0 Å². The predicted octanol–water partition coefficient (Wildman–Crippen LogP) is 1.09. The number of hydrogen-bond donors (Lipinski definition) is 3. The van der Waals surface area contributed by atoms with Gasteiger partial charge in [-0.05, 0) is 38.0 Å². The van der Waals surface area contributed by atoms with E-state index in [1.165, 1.54) is 0 Å². The second-order valence-electron chi connectivity index (χ2n) is 6.39. The maximum Gasteiger partial charge on any atom is 0.417 e. The first kappa shape index (κ1) is 14.1. The monoisotopic (exact) mass is 292 g/mol. The summed E-state index contributed by atoms with van der Waals surface area (Å²) in [6.07, 6.45) is -2.73. The molecule has 1 amide bonds. The Morgan fingerprint density at radius 3 is 2.70 bits per heavy atom. The van der Waals surface area contributed by atoms with Crippen LogP contribution in [0.3, 0.4) is 0 Å². The average molecular weight is 292 g/mol. The fourth-order valence-electron chi connectivity index (χ4n) is 3.46. The minimum Gasteiger partial charge on any atom is -0.380 e. The summed E-state index contributed by atoms with van der Waals surface area (Å²) in [6.45, 7) is 0. The molecule has 5 atom stereocenters. The van der Waals surface area contributed by atoms with Crippen LogP contribution in [0.1, 0.15) is 38.5 Å². The minimum absolute atomic E-state index is 0.228. The summed E-state index contributed by atoms with van der Waals surface area (Å²) in [6, 6.07) is -0.453. The normalized spacial score (nSPS) is 44.0. The number of fused-ring (bicyclic) bond motifs is 1. The van der Waals surface area contributed by atoms with Crippen molar-refractivity contribution in [3.8, 4) is 0 Å². The Morgan fingerprint density at radius 1 is 1.35 bits per heavy atom. The maximum atomic E-state index is 12.8. The second-order valence-corrected chi connectivity index (χ2v) is 6.39. The topological polar surface area (TPSA) is 61.4 Å². The quantitative estimate of drug-likeness (QED) is 0.714. The Kier molecular flexibility index (Phi) is 3.25. The molecule has 0 radical (unpaired) electrons. The highest BCUT2D eigenvalue weighted by Gasteiger charge is 2.56. The molecule has 1 saturated heterocycles. The van der Waals surface area contributed by atoms with Gasteiger partial charge in [-0.3, -0.25) is 4.79 Å². The number of hydrogen-bond acceptors (Lipinski definition) is 3. The van der Waals surface area contributed by atoms with Gasteiger partial charge in [0.1, 0.15) is 0 Å². The van der Waals surface area contributed by atoms with Crippen LogP contribution >= 0.6 is 0 Å². The molecule has 114 valence electrons. The lowest BCUT2D eigenvalue weighted by atomic mass is 9.81. The third kappa shape index (κ3) is 2.53. The zero-order chi connectivity index (χ0) is 14.5. The van der Waals surface area contributed by atoms with E-state index in [-0.39, 0.29) is 24.8 Å². The lowest BCUT2D eigenvalue weighted by Gasteiger charge is -2.38. The molecule has 0 spiro atoms. The van der Waals surface area contributed by atoms with Crippen molar-refractivity contribution < 1.29 is 23.1 Å². The molecule has 0 aromatic carbocycles. The van der Waals surface area contributed by atoms with Crippen molar-refractivity contribution in [2.45, 2.75) is 68.4 Å². The molecule has 3 aliphatic rings. The highest BCUT2D eigenvalue weighted by Crippen LogP contribution is 2.42. The van der Waals surface area contributed by atoms with Gasteiger partial charge in [0.05, 0.1) is 6.04 Å². The highest BCUT2D eigenvalue weighted by molar-refractivity contribution is 5.82. The van der Waals surface area contributed by atoms with Crippen LogP contribution in [-0.2, 0) is 4.79 Å². The summed E-state index contributed by atoms with van der Waals surface area (Å²) >= 11 is 0. The number of rotatable bonds is 2. The van der Waals surface area contributed by atoms with Crippen molar-refractivity contribution in [3.05, 3.63) is 0 Å². The Morgan fingerprint density at radius 2 is 2.10 bits per heavy atom. The molecule has 0 aromatic rings. The van der Waals surface area contributed by atoms with Crippen LogP contribution in [0.5, 0.6) is 0 Å². The number of halogens is 3. The van der Waals surface area contributed by atoms with Crippen LogP contribution in [0.2, 0.25) is 0 Å². The first-order valence-electron chi connectivity index (χ1n) is 7.14. The molecule has 1 heterocycles. The lowest BCUT2D eigenvalue weighted by molar-refractivity contribution is -0.271. The number of aliphatic hydroxyl groups is 1. The summed E-state index contributed by atoms with van der Waals surface area (Å²) in [7, 11) is 0. The molecule has 3 fully saturated rings. The fraction of sp³-hybridized carbons (Fsp3) is 0.923. The Hall–Kier alpha value is -0.820. The third-order valence-corrected chi connectivity index (χ3v) is 4.79. The van der Waals surface area contributed by atoms with Gasteiger partial charge in [-0.15, -0.1) is 0 Å². The number of amides is 1. The summed E-state index contributed by atoms with van der Waals surface area (Å²) in [5.74, 6) is 0.331. The molecular weight excluding hydrogens is 273 g/mol. The van der Waals surface area contributed by atoms with E-state index in [1.807, 2.05) is 0 Å². The van der Waals surface area contributed by atoms with E-state index in [0.717, 1.165) is 12.8 Å². The Bertz CT molecular complexity index is 405. The molecule has 1 aliphatic heterocycles. The second kappa shape index (κ2) is 4.59. The zero-order valence-electron chi connectivity index (χ0n) is 11.0. The maximum absolute atomic E-state index is 12.8. The molecule has 3 rings (SSSR count). The third-order valence-electron chi connectivity index (χ3n) is 4.79. The van der Waals surface area contributed by atoms with E-state index in [0.29, 0.717) is 18.4 Å². The summed E-state index contributed by atoms with van der Waals surface area (Å²) in [4.78, 5) is 12.0. The minimum atomic E-state index is -4.64. The molecule has 7 heteroatoms. The zero-order valence-corrected chi connectivity index (χ0v) is 11.0. The Balaban J connectivity index is 1.56. The average Bonchev–Trinajstić information content (AvgIpc) is 2.95. The highest BCUT2D eigenvalue weighted by atomic mass is 19.4. The van der Waals surface area contributed by atoms with Gasteiger partial charge in [-0.2, -0.15) is 13.2 Å². The first-order valence-corrected chi connectivity index (χ1v) is 7.14. The van der Waals surface area contributed by atoms with Crippen molar-refractivity contribution >= 4 is 5.91 Å². The van der Waals surface area contributed by atoms with E-state index in [4.69, 9.17) is 0 Å². The smallest absolute Gasteiger partial charge is 0.380 e. The largest absolute Gasteiger partial charge is 0.417 e. The van der Waals surface area contributed by atoms with Crippen molar-refractivity contribution in [2.24, 2.45) is 5.92 Å². The SMILES string of the molecule is O=C(NC1CCCC(O)(C(F)(F)F)C1)[C@@H]1C[C@H]2C[C@H]2N1. The van der Waals surface area contributed by atoms with Gasteiger partial charge in [0.25, 0.3) is 0 Å². The number of carbonyl (C=O) groups excluding carboxylic acids is 1. The summed E-state index contributed by atoms with van der Waals surface area (Å²) in [5.41, 5.74) is -2.66. The van der Waals surface area contributed by atoms with Gasteiger partial charge < -0.3 is 15.7 Å². The predicted molar refractivity (Wildman–Crippen MR) is 64.8 cm³/mol. The standard InChI is InChI=1S/C13H19F3N2O2/c14-13(15,16)12(20)3-1-2-8(6-12)17-11(19)10-5-7-4-9(7)18-10/h7-10,18,20H,1-6H2,(H,17,19)/t7-,8?,9-,10+,12?/m1/s1. The molecular formula is C13H19F3N2O2. The van der Waals surface area contributed by atoms with E-state index >= 15 is 0 Å². The van der Waals surface area contributed by atoms with Crippen LogP contribution in [0.4, 0.5) is 13.2 Å². The molecule has 0 bridgehead atoms. The number of alkyl halides is 3. The first-order chi connectivity index (χ1) is 9.28. The summed E-state index contributed by atoms with van der Waals surface area (Å²) in [5, 5.41) is 15.6. The van der Waals surface area contributed by atoms with Crippen LogP contribution in [0.25, 0.3) is 0 Å². The van der Waals surface area contributed by atoms with Crippen LogP contribution in [-0.4, -0.2) is 40.9 Å². The summed E-state index contributed by atoms with van der Waals surface area (Å²) < 4.78 is 38.5. The van der Waals surface area contributed by atoms with Crippen LogP contribution < -0.4 is 10.6 Å². The van der Waals surface area contributed by atoms with Gasteiger partial charge in [0, 0.05) is 18.5 Å². The van der Waals surface area contributed by atoms with Crippen molar-refractivity contribution in [1.82, 2.24) is 10.6 Å². The van der Waals surface area contributed by atoms with Crippen molar-refractivity contribution in [2.75, 3.05) is 0 Å². The number of piperidine rings is 1. The van der Waals surface area contributed by atoms with E-state index in [1.54, 1.807) is 0 Å². The molecule has 2 saturated carbocycles.